The highest BCUT2D eigenvalue weighted by Crippen LogP contribution is 2.33. The van der Waals surface area contributed by atoms with E-state index in [1.165, 1.54) is 38.4 Å². The van der Waals surface area contributed by atoms with Crippen LogP contribution in [0.4, 0.5) is 17.6 Å². The molecule has 1 saturated carbocycles. The minimum Gasteiger partial charge on any atom is -0.466 e. The number of sulfonamides is 1. The molecule has 0 radical (unpaired) electrons. The predicted molar refractivity (Wildman–Crippen MR) is 347 cm³/mol. The predicted octanol–water partition coefficient (Wildman–Crippen LogP) is 7.87. The Morgan fingerprint density at radius 3 is 1.37 bits per heavy atom. The van der Waals surface area contributed by atoms with Crippen molar-refractivity contribution in [2.45, 2.75) is 207 Å². The molecular formula is C58H115F4N19O10S. The molecule has 92 heavy (non-hydrogen) atoms. The van der Waals surface area contributed by atoms with Gasteiger partial charge in [-0.3, -0.25) is 19.4 Å². The number of halogens is 4. The zero-order valence-corrected chi connectivity index (χ0v) is 60.8. The zero-order valence-electron chi connectivity index (χ0n) is 59.9. The van der Waals surface area contributed by atoms with Gasteiger partial charge < -0.3 is 49.2 Å². The molecule has 1 aliphatic carbocycles. The van der Waals surface area contributed by atoms with Gasteiger partial charge in [0.25, 0.3) is 0 Å². The van der Waals surface area contributed by atoms with Gasteiger partial charge in [-0.15, -0.1) is 25.5 Å². The third-order valence-electron chi connectivity index (χ3n) is 10.3. The number of aromatic nitrogens is 14. The highest BCUT2D eigenvalue weighted by molar-refractivity contribution is 7.88. The average molecular weight is 1350 g/mol. The fourth-order valence-corrected chi connectivity index (χ4v) is 6.58. The van der Waals surface area contributed by atoms with Crippen molar-refractivity contribution in [1.82, 2.24) is 96.7 Å². The lowest BCUT2D eigenvalue weighted by molar-refractivity contribution is -0.196. The van der Waals surface area contributed by atoms with Crippen LogP contribution in [0.25, 0.3) is 0 Å². The quantitative estimate of drug-likeness (QED) is 0.0482. The lowest BCUT2D eigenvalue weighted by Gasteiger charge is -2.38. The summed E-state index contributed by atoms with van der Waals surface area (Å²) in [5.74, 6) is 4.69. The molecule has 8 rings (SSSR count). The molecule has 5 aromatic heterocycles. The van der Waals surface area contributed by atoms with E-state index in [2.05, 4.69) is 131 Å². The first kappa shape index (κ1) is 94.4. The Morgan fingerprint density at radius 1 is 0.728 bits per heavy atom. The number of amides is 1. The second kappa shape index (κ2) is 54.1. The molecule has 6 N–H and O–H groups in total. The third-order valence-corrected chi connectivity index (χ3v) is 11.1. The molecule has 3 fully saturated rings. The number of aryl methyl sites for hydroxylation is 10. The molecule has 34 heteroatoms. The molecule has 1 unspecified atom stereocenters. The Morgan fingerprint density at radius 2 is 1.27 bits per heavy atom. The van der Waals surface area contributed by atoms with Gasteiger partial charge in [-0.05, 0) is 134 Å². The highest BCUT2D eigenvalue weighted by atomic mass is 32.2. The lowest BCUT2D eigenvalue weighted by atomic mass is 10.0. The summed E-state index contributed by atoms with van der Waals surface area (Å²) < 4.78 is 99.7. The van der Waals surface area contributed by atoms with Crippen LogP contribution in [0.15, 0.2) is 27.0 Å². The van der Waals surface area contributed by atoms with E-state index in [1.807, 2.05) is 54.8 Å². The van der Waals surface area contributed by atoms with Gasteiger partial charge in [0.05, 0.1) is 63.4 Å². The molecule has 0 bridgehead atoms. The number of nitrogens with zero attached hydrogens (tertiary/aromatic N) is 13. The van der Waals surface area contributed by atoms with Crippen LogP contribution < -0.4 is 26.0 Å². The van der Waals surface area contributed by atoms with Crippen LogP contribution in [0.5, 0.6) is 0 Å². The standard InChI is InChI=1S/C6H13NO.C6H13N.C6H12O2.C5H10F3N.C5H9F.2C4H7N3.2C4H6N2O.C4H9NO.C4H8O2.C3H6N4.C3H9NO2S/c1-3-7-6(2)4-8-5-6;1-3-7-6(2)4-5-6;1-3-8-6(2)4-7-5-6;1-3-9-4(2)5(6,7)8;1-3-4-5(2)6;1-4-3-7(2)6-5-4;1-3-5-4(2)7-6-3;1-3-5-6-4(2)7-3;1-3-5-4(2)7-6-3;1-3-5-4(2)6;1-3-6-4(2)5;1-3-4-6-7(2)5-3;1-3-4-7(2,5)6/h7H,3-5H2,1-2H3;7H,3-5H2,1-2H3;3-5H2,1-2H3;4,9H,3H2,1-2H3;4H,3H2,1-2H3;3H,1-2H3;1-2H3,(H,5,6,7);2*1-2H3;3H2,1-2H3,(H,5,6);3H2,1-2H3;1-2H3;4H,3H2,1-2H3/b;;;;5-4-;;;;;;;;. The number of alkyl halides is 3. The Bertz CT molecular complexity index is 2360. The highest BCUT2D eigenvalue weighted by Gasteiger charge is 2.36. The summed E-state index contributed by atoms with van der Waals surface area (Å²) in [6, 6.07) is -1.39. The second-order valence-corrected chi connectivity index (χ2v) is 22.7. The molecule has 0 spiro atoms. The minimum atomic E-state index is -4.10. The molecule has 29 nitrogen and oxygen atoms in total. The van der Waals surface area contributed by atoms with Crippen molar-refractivity contribution < 1.29 is 63.5 Å². The van der Waals surface area contributed by atoms with Gasteiger partial charge in [-0.25, -0.2) is 22.5 Å². The monoisotopic (exact) mass is 1350 g/mol. The Kier molecular flexibility index (Phi) is 55.5. The fraction of sp³-hybridized carbons (Fsp3) is 0.776. The number of ether oxygens (including phenoxy) is 4. The van der Waals surface area contributed by atoms with Crippen molar-refractivity contribution in [2.75, 3.05) is 78.6 Å². The number of H-pyrrole nitrogens is 1. The van der Waals surface area contributed by atoms with E-state index in [0.717, 1.165) is 89.6 Å². The van der Waals surface area contributed by atoms with E-state index in [-0.39, 0.29) is 23.3 Å². The SMILES string of the molecule is CC/C=C(/C)F.CCNC(C)=O.CCNC(C)C(F)(F)F.CCNC1(C)CC1.CCNC1(C)COC1.CCNS(C)(=O)=O.CCOC(C)=O.CCOC1(C)COC1.Cc1cn(C)nn1.Cc1n[nH]c(C)n1.Cc1nnc(C)o1.Cc1nnn(C)n1.Cc1noc(C)n1. The van der Waals surface area contributed by atoms with Crippen LogP contribution in [-0.2, 0) is 52.7 Å². The number of aromatic amines is 1. The molecule has 0 aromatic carbocycles. The Labute approximate surface area is 545 Å². The van der Waals surface area contributed by atoms with Gasteiger partial charge in [-0.1, -0.05) is 51.1 Å². The summed E-state index contributed by atoms with van der Waals surface area (Å²) in [7, 11) is 0.659. The maximum atomic E-state index is 11.6. The third kappa shape index (κ3) is 65.2. The Balaban J connectivity index is -0.000000298. The van der Waals surface area contributed by atoms with E-state index < -0.39 is 22.2 Å². The Hall–Kier alpha value is -6.30. The number of esters is 1. The van der Waals surface area contributed by atoms with Crippen LogP contribution in [0, 0.1) is 55.4 Å². The summed E-state index contributed by atoms with van der Waals surface area (Å²) in [6.07, 6.45) is 3.98. The van der Waals surface area contributed by atoms with Crippen molar-refractivity contribution in [3.8, 4) is 0 Å². The molecule has 2 saturated heterocycles. The topological polar surface area (TPSA) is 359 Å². The van der Waals surface area contributed by atoms with Crippen molar-refractivity contribution in [3.63, 3.8) is 0 Å². The number of carbonyl (C=O) groups is 2. The minimum absolute atomic E-state index is 0.0394. The van der Waals surface area contributed by atoms with E-state index in [1.54, 1.807) is 73.2 Å². The first-order valence-electron chi connectivity index (χ1n) is 30.3. The first-order chi connectivity index (χ1) is 42.6. The second-order valence-electron chi connectivity index (χ2n) is 20.9. The van der Waals surface area contributed by atoms with Crippen molar-refractivity contribution in [1.29, 1.82) is 0 Å². The van der Waals surface area contributed by atoms with Crippen LogP contribution in [0.1, 0.15) is 170 Å². The maximum absolute atomic E-state index is 11.6. The van der Waals surface area contributed by atoms with Gasteiger partial charge in [-0.2, -0.15) is 28.1 Å². The molecule has 1 amide bonds. The summed E-state index contributed by atoms with van der Waals surface area (Å²) >= 11 is 0. The maximum Gasteiger partial charge on any atom is 0.403 e. The van der Waals surface area contributed by atoms with Gasteiger partial charge >= 0.3 is 12.1 Å². The smallest absolute Gasteiger partial charge is 0.403 e. The van der Waals surface area contributed by atoms with E-state index in [4.69, 9.17) is 18.6 Å². The van der Waals surface area contributed by atoms with Gasteiger partial charge in [0, 0.05) is 73.1 Å². The number of hydrogen-bond donors (Lipinski definition) is 6. The van der Waals surface area contributed by atoms with Crippen LogP contribution in [0.3, 0.4) is 0 Å². The fourth-order valence-electron chi connectivity index (χ4n) is 6.06. The largest absolute Gasteiger partial charge is 0.466 e. The zero-order chi connectivity index (χ0) is 72.2. The molecule has 536 valence electrons. The van der Waals surface area contributed by atoms with Gasteiger partial charge in [0.15, 0.2) is 11.6 Å². The summed E-state index contributed by atoms with van der Waals surface area (Å²) in [5.41, 5.74) is 1.86. The molecule has 7 heterocycles. The summed E-state index contributed by atoms with van der Waals surface area (Å²) in [6.45, 7) is 50.0. The number of hydrogen-bond acceptors (Lipinski definition) is 24. The number of allylic oxidation sites excluding steroid dienone is 2. The number of rotatable bonds is 13. The van der Waals surface area contributed by atoms with Gasteiger partial charge in [0.2, 0.25) is 33.6 Å². The van der Waals surface area contributed by atoms with Crippen LogP contribution in [0.2, 0.25) is 0 Å². The van der Waals surface area contributed by atoms with Crippen molar-refractivity contribution >= 4 is 21.9 Å². The lowest BCUT2D eigenvalue weighted by Crippen LogP contribution is -2.57. The normalized spacial score (nSPS) is 14.0. The molecule has 2 aliphatic heterocycles. The number of carbonyl (C=O) groups excluding carboxylic acids is 2. The number of likely N-dealkylation sites (N-methyl/N-ethyl adjacent to an activating group) is 1. The number of nitrogens with one attached hydrogen (secondary N) is 6. The molecule has 5 aromatic rings. The number of tetrazole rings is 1. The van der Waals surface area contributed by atoms with E-state index >= 15 is 0 Å². The van der Waals surface area contributed by atoms with Crippen molar-refractivity contribution in [2.24, 2.45) is 14.1 Å². The van der Waals surface area contributed by atoms with Crippen molar-refractivity contribution in [3.05, 3.63) is 64.8 Å². The van der Waals surface area contributed by atoms with Crippen LogP contribution >= 0.6 is 0 Å². The average Bonchev–Trinajstić information content (AvgIpc) is 1.49. The molecular weight excluding hydrogens is 1230 g/mol. The summed E-state index contributed by atoms with van der Waals surface area (Å²) in [5, 5.41) is 47.2. The van der Waals surface area contributed by atoms with E-state index in [9.17, 15) is 35.6 Å². The molecule has 1 atom stereocenters. The molecule has 3 aliphatic rings. The van der Waals surface area contributed by atoms with Crippen LogP contribution in [-0.4, -0.2) is 199 Å². The van der Waals surface area contributed by atoms with E-state index in [0.29, 0.717) is 60.1 Å². The first-order valence-corrected chi connectivity index (χ1v) is 32.2. The van der Waals surface area contributed by atoms with Gasteiger partial charge in [0.1, 0.15) is 23.3 Å². The summed E-state index contributed by atoms with van der Waals surface area (Å²) in [4.78, 5) is 29.0.